The lowest BCUT2D eigenvalue weighted by Gasteiger charge is -2.13. The number of nitrogens with one attached hydrogen (secondary N) is 1. The molecule has 1 aromatic carbocycles. The highest BCUT2D eigenvalue weighted by molar-refractivity contribution is 6.33. The van der Waals surface area contributed by atoms with Gasteiger partial charge in [-0.1, -0.05) is 23.7 Å². The van der Waals surface area contributed by atoms with E-state index in [-0.39, 0.29) is 6.04 Å². The Morgan fingerprint density at radius 3 is 2.92 bits per heavy atom. The lowest BCUT2D eigenvalue weighted by molar-refractivity contribution is 1.00. The molecule has 1 atom stereocenters. The van der Waals surface area contributed by atoms with E-state index in [1.54, 1.807) is 12.1 Å². The summed E-state index contributed by atoms with van der Waals surface area (Å²) in [5.41, 5.74) is 7.19. The predicted molar refractivity (Wildman–Crippen MR) is 59.1 cm³/mol. The van der Waals surface area contributed by atoms with E-state index in [0.717, 1.165) is 5.69 Å². The SMILES string of the molecule is C=CC(C)Nc1cccc(Cl)c1N. The minimum atomic E-state index is 0.181. The molecule has 0 aliphatic heterocycles. The van der Waals surface area contributed by atoms with E-state index < -0.39 is 0 Å². The summed E-state index contributed by atoms with van der Waals surface area (Å²) < 4.78 is 0. The minimum Gasteiger partial charge on any atom is -0.396 e. The number of nitrogen functional groups attached to an aromatic ring is 1. The fourth-order valence-corrected chi connectivity index (χ4v) is 1.14. The number of anilines is 2. The van der Waals surface area contributed by atoms with Gasteiger partial charge in [0.2, 0.25) is 0 Å². The predicted octanol–water partition coefficient (Wildman–Crippen LogP) is 2.91. The molecule has 1 aromatic rings. The molecular weight excluding hydrogens is 184 g/mol. The van der Waals surface area contributed by atoms with Crippen molar-refractivity contribution in [3.8, 4) is 0 Å². The average molecular weight is 197 g/mol. The lowest BCUT2D eigenvalue weighted by atomic mass is 10.2. The van der Waals surface area contributed by atoms with Gasteiger partial charge in [0.15, 0.2) is 0 Å². The van der Waals surface area contributed by atoms with E-state index in [1.165, 1.54) is 0 Å². The van der Waals surface area contributed by atoms with Crippen molar-refractivity contribution in [2.45, 2.75) is 13.0 Å². The van der Waals surface area contributed by atoms with Crippen molar-refractivity contribution in [2.75, 3.05) is 11.1 Å². The molecule has 0 aliphatic carbocycles. The van der Waals surface area contributed by atoms with Gasteiger partial charge in [-0.2, -0.15) is 0 Å². The van der Waals surface area contributed by atoms with Crippen molar-refractivity contribution < 1.29 is 0 Å². The van der Waals surface area contributed by atoms with Crippen LogP contribution in [0.4, 0.5) is 11.4 Å². The van der Waals surface area contributed by atoms with Crippen LogP contribution >= 0.6 is 11.6 Å². The molecule has 0 amide bonds. The van der Waals surface area contributed by atoms with E-state index in [9.17, 15) is 0 Å². The first kappa shape index (κ1) is 9.93. The van der Waals surface area contributed by atoms with Crippen LogP contribution in [0.25, 0.3) is 0 Å². The van der Waals surface area contributed by atoms with E-state index >= 15 is 0 Å². The maximum Gasteiger partial charge on any atom is 0.0739 e. The van der Waals surface area contributed by atoms with Crippen molar-refractivity contribution in [1.82, 2.24) is 0 Å². The third-order valence-electron chi connectivity index (χ3n) is 1.79. The van der Waals surface area contributed by atoms with Gasteiger partial charge in [0.1, 0.15) is 0 Å². The topological polar surface area (TPSA) is 38.0 Å². The number of halogens is 1. The molecule has 3 heteroatoms. The summed E-state index contributed by atoms with van der Waals surface area (Å²) >= 11 is 5.85. The Morgan fingerprint density at radius 1 is 1.62 bits per heavy atom. The molecule has 0 fully saturated rings. The fraction of sp³-hybridized carbons (Fsp3) is 0.200. The molecule has 0 saturated carbocycles. The molecular formula is C10H13ClN2. The van der Waals surface area contributed by atoms with Crippen LogP contribution in [-0.2, 0) is 0 Å². The Kier molecular flexibility index (Phi) is 3.20. The normalized spacial score (nSPS) is 12.2. The number of hydrogen-bond donors (Lipinski definition) is 2. The molecule has 13 heavy (non-hydrogen) atoms. The summed E-state index contributed by atoms with van der Waals surface area (Å²) in [6.45, 7) is 5.67. The van der Waals surface area contributed by atoms with Crippen LogP contribution in [0.3, 0.4) is 0 Å². The standard InChI is InChI=1S/C10H13ClN2/c1-3-7(2)13-9-6-4-5-8(11)10(9)12/h3-7,13H,1,12H2,2H3. The molecule has 1 rings (SSSR count). The van der Waals surface area contributed by atoms with Gasteiger partial charge in [-0.3, -0.25) is 0 Å². The first-order valence-electron chi connectivity index (χ1n) is 4.08. The third kappa shape index (κ3) is 2.39. The number of para-hydroxylation sites is 1. The van der Waals surface area contributed by atoms with Gasteiger partial charge in [-0.25, -0.2) is 0 Å². The first-order chi connectivity index (χ1) is 6.15. The zero-order valence-electron chi connectivity index (χ0n) is 7.55. The largest absolute Gasteiger partial charge is 0.396 e. The van der Waals surface area contributed by atoms with Crippen LogP contribution in [0.1, 0.15) is 6.92 Å². The maximum absolute atomic E-state index is 5.85. The second-order valence-corrected chi connectivity index (χ2v) is 3.28. The molecule has 0 spiro atoms. The van der Waals surface area contributed by atoms with E-state index in [2.05, 4.69) is 11.9 Å². The fourth-order valence-electron chi connectivity index (χ4n) is 0.967. The Bertz CT molecular complexity index is 310. The molecule has 1 unspecified atom stereocenters. The Labute approximate surface area is 83.4 Å². The minimum absolute atomic E-state index is 0.181. The van der Waals surface area contributed by atoms with Crippen molar-refractivity contribution in [2.24, 2.45) is 0 Å². The molecule has 70 valence electrons. The summed E-state index contributed by atoms with van der Waals surface area (Å²) in [6, 6.07) is 5.69. The van der Waals surface area contributed by atoms with Crippen molar-refractivity contribution in [1.29, 1.82) is 0 Å². The molecule has 0 radical (unpaired) electrons. The number of hydrogen-bond acceptors (Lipinski definition) is 2. The zero-order valence-corrected chi connectivity index (χ0v) is 8.31. The van der Waals surface area contributed by atoms with Crippen molar-refractivity contribution in [3.05, 3.63) is 35.9 Å². The highest BCUT2D eigenvalue weighted by atomic mass is 35.5. The summed E-state index contributed by atoms with van der Waals surface area (Å²) in [5, 5.41) is 3.74. The molecule has 0 heterocycles. The Balaban J connectivity index is 2.88. The van der Waals surface area contributed by atoms with Crippen LogP contribution in [0.5, 0.6) is 0 Å². The Morgan fingerprint density at radius 2 is 2.31 bits per heavy atom. The number of nitrogens with two attached hydrogens (primary N) is 1. The molecule has 2 nitrogen and oxygen atoms in total. The van der Waals surface area contributed by atoms with E-state index in [0.29, 0.717) is 10.7 Å². The van der Waals surface area contributed by atoms with Crippen molar-refractivity contribution in [3.63, 3.8) is 0 Å². The summed E-state index contributed by atoms with van der Waals surface area (Å²) in [4.78, 5) is 0. The second kappa shape index (κ2) is 4.19. The van der Waals surface area contributed by atoms with Crippen LogP contribution in [0, 0.1) is 0 Å². The molecule has 0 aromatic heterocycles. The summed E-state index contributed by atoms with van der Waals surface area (Å²) in [7, 11) is 0. The monoisotopic (exact) mass is 196 g/mol. The molecule has 0 saturated heterocycles. The molecule has 0 bridgehead atoms. The third-order valence-corrected chi connectivity index (χ3v) is 2.12. The zero-order chi connectivity index (χ0) is 9.84. The van der Waals surface area contributed by atoms with Gasteiger partial charge in [-0.05, 0) is 19.1 Å². The maximum atomic E-state index is 5.85. The number of benzene rings is 1. The molecule has 3 N–H and O–H groups in total. The second-order valence-electron chi connectivity index (χ2n) is 2.87. The lowest BCUT2D eigenvalue weighted by Crippen LogP contribution is -2.12. The van der Waals surface area contributed by atoms with Crippen LogP contribution in [0.15, 0.2) is 30.9 Å². The highest BCUT2D eigenvalue weighted by Crippen LogP contribution is 2.27. The summed E-state index contributed by atoms with van der Waals surface area (Å²) in [6.07, 6.45) is 1.81. The summed E-state index contributed by atoms with van der Waals surface area (Å²) in [5.74, 6) is 0. The quantitative estimate of drug-likeness (QED) is 0.576. The smallest absolute Gasteiger partial charge is 0.0739 e. The van der Waals surface area contributed by atoms with Crippen LogP contribution in [0.2, 0.25) is 5.02 Å². The number of rotatable bonds is 3. The van der Waals surface area contributed by atoms with E-state index in [1.807, 2.05) is 19.1 Å². The first-order valence-corrected chi connectivity index (χ1v) is 4.46. The average Bonchev–Trinajstić information content (AvgIpc) is 2.13. The van der Waals surface area contributed by atoms with Gasteiger partial charge < -0.3 is 11.1 Å². The van der Waals surface area contributed by atoms with E-state index in [4.69, 9.17) is 17.3 Å². The van der Waals surface area contributed by atoms with Gasteiger partial charge in [0.25, 0.3) is 0 Å². The van der Waals surface area contributed by atoms with Gasteiger partial charge in [0, 0.05) is 6.04 Å². The van der Waals surface area contributed by atoms with Gasteiger partial charge in [0.05, 0.1) is 16.4 Å². The Hall–Kier alpha value is -1.15. The van der Waals surface area contributed by atoms with Crippen molar-refractivity contribution >= 4 is 23.0 Å². The molecule has 0 aliphatic rings. The van der Waals surface area contributed by atoms with Gasteiger partial charge >= 0.3 is 0 Å². The van der Waals surface area contributed by atoms with Gasteiger partial charge in [-0.15, -0.1) is 6.58 Å². The van der Waals surface area contributed by atoms with Crippen LogP contribution < -0.4 is 11.1 Å². The highest BCUT2D eigenvalue weighted by Gasteiger charge is 2.03. The van der Waals surface area contributed by atoms with Crippen LogP contribution in [-0.4, -0.2) is 6.04 Å².